The minimum atomic E-state index is -0.167. The van der Waals surface area contributed by atoms with Gasteiger partial charge in [0.15, 0.2) is 5.69 Å². The Kier molecular flexibility index (Phi) is 7.30. The Labute approximate surface area is 152 Å². The Morgan fingerprint density at radius 2 is 2.32 bits per heavy atom. The molecule has 0 saturated carbocycles. The largest absolute Gasteiger partial charge is 0.376 e. The zero-order chi connectivity index (χ0) is 16.8. The Bertz CT molecular complexity index is 660. The normalized spacial score (nSPS) is 16.4. The van der Waals surface area contributed by atoms with Gasteiger partial charge in [0.05, 0.1) is 31.1 Å². The van der Waals surface area contributed by atoms with Crippen molar-refractivity contribution in [2.45, 2.75) is 32.0 Å². The summed E-state index contributed by atoms with van der Waals surface area (Å²) in [7, 11) is 0. The maximum absolute atomic E-state index is 12.9. The summed E-state index contributed by atoms with van der Waals surface area (Å²) in [5.41, 5.74) is 6.66. The number of amides is 1. The van der Waals surface area contributed by atoms with E-state index < -0.39 is 0 Å². The highest BCUT2D eigenvalue weighted by Gasteiger charge is 2.25. The molecule has 0 aliphatic carbocycles. The van der Waals surface area contributed by atoms with Crippen LogP contribution < -0.4 is 5.73 Å². The van der Waals surface area contributed by atoms with E-state index in [4.69, 9.17) is 10.5 Å². The molecule has 1 atom stereocenters. The molecule has 1 fully saturated rings. The summed E-state index contributed by atoms with van der Waals surface area (Å²) >= 11 is 0. The van der Waals surface area contributed by atoms with E-state index in [2.05, 4.69) is 15.3 Å². The second-order valence-corrected chi connectivity index (χ2v) is 5.80. The summed E-state index contributed by atoms with van der Waals surface area (Å²) in [5.74, 6) is -0.167. The summed E-state index contributed by atoms with van der Waals surface area (Å²) in [6.45, 7) is 2.68. The van der Waals surface area contributed by atoms with Crippen molar-refractivity contribution in [1.82, 2.24) is 24.9 Å². The average Bonchev–Trinajstić information content (AvgIpc) is 3.27. The van der Waals surface area contributed by atoms with Crippen LogP contribution in [-0.4, -0.2) is 56.6 Å². The number of pyridine rings is 1. The van der Waals surface area contributed by atoms with Gasteiger partial charge in [0.2, 0.25) is 0 Å². The smallest absolute Gasteiger partial charge is 0.276 e. The van der Waals surface area contributed by atoms with Crippen LogP contribution in [0, 0.1) is 0 Å². The van der Waals surface area contributed by atoms with Gasteiger partial charge in [-0.15, -0.1) is 17.5 Å². The molecule has 2 aromatic heterocycles. The topological polar surface area (TPSA) is 99.2 Å². The highest BCUT2D eigenvalue weighted by Crippen LogP contribution is 2.16. The molecule has 136 valence electrons. The summed E-state index contributed by atoms with van der Waals surface area (Å²) in [6, 6.07) is 5.67. The van der Waals surface area contributed by atoms with Crippen LogP contribution in [0.4, 0.5) is 0 Å². The summed E-state index contributed by atoms with van der Waals surface area (Å²) in [6.07, 6.45) is 5.42. The number of hydrogen-bond acceptors (Lipinski definition) is 6. The van der Waals surface area contributed by atoms with Crippen molar-refractivity contribution in [2.75, 3.05) is 19.7 Å². The van der Waals surface area contributed by atoms with E-state index >= 15 is 0 Å². The van der Waals surface area contributed by atoms with Crippen LogP contribution in [0.2, 0.25) is 0 Å². The molecule has 1 aliphatic rings. The molecule has 0 bridgehead atoms. The molecular weight excluding hydrogens is 344 g/mol. The fourth-order valence-corrected chi connectivity index (χ4v) is 2.74. The third-order valence-corrected chi connectivity index (χ3v) is 3.93. The Hall–Kier alpha value is -2.03. The lowest BCUT2D eigenvalue weighted by Gasteiger charge is -2.24. The fourth-order valence-electron chi connectivity index (χ4n) is 2.74. The van der Waals surface area contributed by atoms with Crippen LogP contribution in [0.1, 0.15) is 29.0 Å². The summed E-state index contributed by atoms with van der Waals surface area (Å²) < 4.78 is 7.26. The highest BCUT2D eigenvalue weighted by molar-refractivity contribution is 5.91. The molecule has 3 rings (SSSR count). The molecule has 1 aliphatic heterocycles. The Morgan fingerprint density at radius 3 is 3.00 bits per heavy atom. The number of halogens is 1. The molecule has 3 heterocycles. The van der Waals surface area contributed by atoms with Crippen molar-refractivity contribution in [3.8, 4) is 0 Å². The van der Waals surface area contributed by atoms with E-state index in [0.717, 1.165) is 25.1 Å². The molecule has 0 aromatic carbocycles. The standard InChI is InChI=1S/C16H22N6O2.ClH/c17-6-8-22-12-15(19-20-22)16(23)21(11-14-5-3-9-24-14)10-13-4-1-2-7-18-13;/h1-2,4,7,12,14H,3,5-6,8-11,17H2;1H. The number of nitrogens with two attached hydrogens (primary N) is 1. The monoisotopic (exact) mass is 366 g/mol. The number of carbonyl (C=O) groups excluding carboxylic acids is 1. The second kappa shape index (κ2) is 9.45. The van der Waals surface area contributed by atoms with Crippen LogP contribution in [0.3, 0.4) is 0 Å². The Morgan fingerprint density at radius 1 is 1.44 bits per heavy atom. The lowest BCUT2D eigenvalue weighted by Crippen LogP contribution is -2.37. The van der Waals surface area contributed by atoms with Gasteiger partial charge >= 0.3 is 0 Å². The van der Waals surface area contributed by atoms with Gasteiger partial charge < -0.3 is 15.4 Å². The van der Waals surface area contributed by atoms with E-state index in [-0.39, 0.29) is 24.4 Å². The quantitative estimate of drug-likeness (QED) is 0.780. The van der Waals surface area contributed by atoms with Crippen LogP contribution in [0.5, 0.6) is 0 Å². The predicted octanol–water partition coefficient (Wildman–Crippen LogP) is 0.875. The van der Waals surface area contributed by atoms with Crippen LogP contribution >= 0.6 is 12.4 Å². The van der Waals surface area contributed by atoms with Crippen molar-refractivity contribution in [2.24, 2.45) is 5.73 Å². The second-order valence-electron chi connectivity index (χ2n) is 5.80. The van der Waals surface area contributed by atoms with Gasteiger partial charge in [-0.3, -0.25) is 14.5 Å². The minimum Gasteiger partial charge on any atom is -0.376 e. The number of ether oxygens (including phenoxy) is 1. The maximum atomic E-state index is 12.9. The molecule has 0 radical (unpaired) electrons. The van der Waals surface area contributed by atoms with Gasteiger partial charge in [0, 0.05) is 25.9 Å². The van der Waals surface area contributed by atoms with E-state index in [1.54, 1.807) is 22.0 Å². The predicted molar refractivity (Wildman–Crippen MR) is 94.3 cm³/mol. The van der Waals surface area contributed by atoms with Gasteiger partial charge in [0.25, 0.3) is 5.91 Å². The van der Waals surface area contributed by atoms with Gasteiger partial charge in [-0.2, -0.15) is 0 Å². The van der Waals surface area contributed by atoms with Crippen molar-refractivity contribution in [1.29, 1.82) is 0 Å². The molecule has 1 saturated heterocycles. The van der Waals surface area contributed by atoms with E-state index in [1.165, 1.54) is 0 Å². The van der Waals surface area contributed by atoms with Crippen LogP contribution in [0.15, 0.2) is 30.6 Å². The third-order valence-electron chi connectivity index (χ3n) is 3.93. The highest BCUT2D eigenvalue weighted by atomic mass is 35.5. The first kappa shape index (κ1) is 19.3. The molecular formula is C16H23ClN6O2. The average molecular weight is 367 g/mol. The molecule has 1 amide bonds. The minimum absolute atomic E-state index is 0. The van der Waals surface area contributed by atoms with Crippen molar-refractivity contribution < 1.29 is 9.53 Å². The molecule has 0 spiro atoms. The number of aromatic nitrogens is 4. The van der Waals surface area contributed by atoms with E-state index in [0.29, 0.717) is 31.9 Å². The van der Waals surface area contributed by atoms with Gasteiger partial charge in [-0.25, -0.2) is 0 Å². The first-order valence-corrected chi connectivity index (χ1v) is 8.17. The summed E-state index contributed by atoms with van der Waals surface area (Å²) in [5, 5.41) is 7.92. The first-order chi connectivity index (χ1) is 11.8. The number of hydrogen-bond donors (Lipinski definition) is 1. The van der Waals surface area contributed by atoms with Crippen LogP contribution in [0.25, 0.3) is 0 Å². The number of nitrogens with zero attached hydrogens (tertiary/aromatic N) is 5. The van der Waals surface area contributed by atoms with Crippen molar-refractivity contribution >= 4 is 18.3 Å². The molecule has 8 nitrogen and oxygen atoms in total. The van der Waals surface area contributed by atoms with Gasteiger partial charge in [-0.05, 0) is 25.0 Å². The van der Waals surface area contributed by atoms with Gasteiger partial charge in [-0.1, -0.05) is 11.3 Å². The van der Waals surface area contributed by atoms with E-state index in [9.17, 15) is 4.79 Å². The number of carbonyl (C=O) groups is 1. The zero-order valence-corrected chi connectivity index (χ0v) is 14.8. The molecule has 25 heavy (non-hydrogen) atoms. The third kappa shape index (κ3) is 5.22. The maximum Gasteiger partial charge on any atom is 0.276 e. The van der Waals surface area contributed by atoms with Crippen molar-refractivity contribution in [3.63, 3.8) is 0 Å². The van der Waals surface area contributed by atoms with Gasteiger partial charge in [0.1, 0.15) is 0 Å². The van der Waals surface area contributed by atoms with Crippen molar-refractivity contribution in [3.05, 3.63) is 42.0 Å². The summed E-state index contributed by atoms with van der Waals surface area (Å²) in [4.78, 5) is 18.9. The SMILES string of the molecule is Cl.NCCn1cc(C(=O)N(Cc2ccccn2)CC2CCCO2)nn1. The first-order valence-electron chi connectivity index (χ1n) is 8.17. The fraction of sp³-hybridized carbons (Fsp3) is 0.500. The molecule has 1 unspecified atom stereocenters. The molecule has 9 heteroatoms. The zero-order valence-electron chi connectivity index (χ0n) is 14.0. The lowest BCUT2D eigenvalue weighted by atomic mass is 10.2. The Balaban J connectivity index is 0.00000225. The number of rotatable bonds is 7. The lowest BCUT2D eigenvalue weighted by molar-refractivity contribution is 0.0500. The molecule has 2 aromatic rings. The van der Waals surface area contributed by atoms with Crippen LogP contribution in [-0.2, 0) is 17.8 Å². The van der Waals surface area contributed by atoms with E-state index in [1.807, 2.05) is 18.2 Å². The molecule has 2 N–H and O–H groups in total.